The molecule has 14 heavy (non-hydrogen) atoms. The van der Waals surface area contributed by atoms with Crippen LogP contribution >= 0.6 is 0 Å². The number of nitrogens with two attached hydrogens (primary N) is 1. The first-order valence-electron chi connectivity index (χ1n) is 4.96. The van der Waals surface area contributed by atoms with Crippen molar-refractivity contribution in [2.75, 3.05) is 13.6 Å². The van der Waals surface area contributed by atoms with Gasteiger partial charge < -0.3 is 10.6 Å². The van der Waals surface area contributed by atoms with Crippen LogP contribution < -0.4 is 5.73 Å². The number of hydrogen-bond donors (Lipinski definition) is 1. The molecule has 0 bridgehead atoms. The van der Waals surface area contributed by atoms with Gasteiger partial charge in [-0.05, 0) is 26.3 Å². The molecule has 0 radical (unpaired) electrons. The predicted octanol–water partition coefficient (Wildman–Crippen LogP) is 0.876. The Labute approximate surface area is 85.7 Å². The molecule has 4 nitrogen and oxygen atoms in total. The highest BCUT2D eigenvalue weighted by atomic mass is 16.2. The summed E-state index contributed by atoms with van der Waals surface area (Å²) in [5.41, 5.74) is 5.33. The van der Waals surface area contributed by atoms with Gasteiger partial charge in [-0.25, -0.2) is 0 Å². The highest BCUT2D eigenvalue weighted by molar-refractivity contribution is 5.76. The van der Waals surface area contributed by atoms with E-state index in [1.807, 2.05) is 6.92 Å². The molecule has 0 heterocycles. The maximum atomic E-state index is 11.5. The number of carbonyl (C=O) groups excluding carboxylic acids is 1. The van der Waals surface area contributed by atoms with Crippen LogP contribution in [0.5, 0.6) is 0 Å². The van der Waals surface area contributed by atoms with Crippen LogP contribution in [0.25, 0.3) is 0 Å². The third-order valence-electron chi connectivity index (χ3n) is 2.29. The van der Waals surface area contributed by atoms with Gasteiger partial charge in [0, 0.05) is 19.5 Å². The SMILES string of the molecule is CC(CC#N)N(C)C(=O)CCCCN. The van der Waals surface area contributed by atoms with Crippen molar-refractivity contribution in [3.63, 3.8) is 0 Å². The van der Waals surface area contributed by atoms with E-state index < -0.39 is 0 Å². The summed E-state index contributed by atoms with van der Waals surface area (Å²) in [6, 6.07) is 2.06. The summed E-state index contributed by atoms with van der Waals surface area (Å²) in [4.78, 5) is 13.1. The number of nitriles is 1. The molecule has 0 aromatic heterocycles. The van der Waals surface area contributed by atoms with Crippen molar-refractivity contribution in [1.82, 2.24) is 4.90 Å². The summed E-state index contributed by atoms with van der Waals surface area (Å²) < 4.78 is 0. The Bertz CT molecular complexity index is 210. The molecule has 4 heteroatoms. The summed E-state index contributed by atoms with van der Waals surface area (Å²) in [5, 5.41) is 8.48. The summed E-state index contributed by atoms with van der Waals surface area (Å²) in [7, 11) is 1.74. The first-order valence-corrected chi connectivity index (χ1v) is 4.96. The van der Waals surface area contributed by atoms with Crippen LogP contribution in [0.15, 0.2) is 0 Å². The van der Waals surface area contributed by atoms with Crippen LogP contribution in [0, 0.1) is 11.3 Å². The number of unbranched alkanes of at least 4 members (excludes halogenated alkanes) is 1. The third kappa shape index (κ3) is 4.83. The lowest BCUT2D eigenvalue weighted by Crippen LogP contribution is -2.34. The van der Waals surface area contributed by atoms with Crippen molar-refractivity contribution in [3.8, 4) is 6.07 Å². The molecular formula is C10H19N3O. The van der Waals surface area contributed by atoms with Gasteiger partial charge in [-0.2, -0.15) is 5.26 Å². The quantitative estimate of drug-likeness (QED) is 0.642. The summed E-state index contributed by atoms with van der Waals surface area (Å²) >= 11 is 0. The second kappa shape index (κ2) is 7.34. The fourth-order valence-electron chi connectivity index (χ4n) is 1.11. The van der Waals surface area contributed by atoms with E-state index in [0.717, 1.165) is 12.8 Å². The van der Waals surface area contributed by atoms with Crippen LogP contribution in [0.4, 0.5) is 0 Å². The molecule has 0 aliphatic rings. The first-order chi connectivity index (χ1) is 6.63. The van der Waals surface area contributed by atoms with Gasteiger partial charge in [-0.3, -0.25) is 4.79 Å². The fourth-order valence-corrected chi connectivity index (χ4v) is 1.11. The van der Waals surface area contributed by atoms with Crippen LogP contribution in [-0.2, 0) is 4.79 Å². The zero-order valence-electron chi connectivity index (χ0n) is 8.99. The molecule has 80 valence electrons. The lowest BCUT2D eigenvalue weighted by molar-refractivity contribution is -0.131. The lowest BCUT2D eigenvalue weighted by Gasteiger charge is -2.22. The lowest BCUT2D eigenvalue weighted by atomic mass is 10.2. The largest absolute Gasteiger partial charge is 0.342 e. The van der Waals surface area contributed by atoms with Crippen LogP contribution in [0.2, 0.25) is 0 Å². The molecule has 0 rings (SSSR count). The van der Waals surface area contributed by atoms with E-state index in [-0.39, 0.29) is 11.9 Å². The minimum atomic E-state index is 0.00498. The second-order valence-corrected chi connectivity index (χ2v) is 3.46. The van der Waals surface area contributed by atoms with Crippen molar-refractivity contribution in [2.24, 2.45) is 5.73 Å². The van der Waals surface area contributed by atoms with Gasteiger partial charge in [0.1, 0.15) is 0 Å². The van der Waals surface area contributed by atoms with Crippen molar-refractivity contribution in [1.29, 1.82) is 5.26 Å². The Morgan fingerprint density at radius 1 is 1.57 bits per heavy atom. The smallest absolute Gasteiger partial charge is 0.222 e. The van der Waals surface area contributed by atoms with Gasteiger partial charge in [-0.1, -0.05) is 0 Å². The van der Waals surface area contributed by atoms with Crippen molar-refractivity contribution < 1.29 is 4.79 Å². The summed E-state index contributed by atoms with van der Waals surface area (Å²) in [6.45, 7) is 2.51. The van der Waals surface area contributed by atoms with Gasteiger partial charge in [0.15, 0.2) is 0 Å². The zero-order valence-corrected chi connectivity index (χ0v) is 8.99. The standard InChI is InChI=1S/C10H19N3O/c1-9(6-8-12)13(2)10(14)5-3-4-7-11/h9H,3-7,11H2,1-2H3. The predicted molar refractivity (Wildman–Crippen MR) is 55.4 cm³/mol. The highest BCUT2D eigenvalue weighted by Crippen LogP contribution is 2.05. The molecule has 0 fully saturated rings. The van der Waals surface area contributed by atoms with Gasteiger partial charge in [0.05, 0.1) is 12.5 Å². The molecule has 0 aliphatic carbocycles. The summed E-state index contributed by atoms with van der Waals surface area (Å²) in [6.07, 6.45) is 2.63. The Morgan fingerprint density at radius 3 is 2.71 bits per heavy atom. The van der Waals surface area contributed by atoms with E-state index in [4.69, 9.17) is 11.0 Å². The van der Waals surface area contributed by atoms with Crippen molar-refractivity contribution in [2.45, 2.75) is 38.6 Å². The van der Waals surface area contributed by atoms with E-state index >= 15 is 0 Å². The van der Waals surface area contributed by atoms with E-state index in [9.17, 15) is 4.79 Å². The molecule has 0 spiro atoms. The number of carbonyl (C=O) groups is 1. The molecule has 0 saturated carbocycles. The number of nitrogens with zero attached hydrogens (tertiary/aromatic N) is 2. The van der Waals surface area contributed by atoms with E-state index in [1.165, 1.54) is 0 Å². The average molecular weight is 197 g/mol. The van der Waals surface area contributed by atoms with E-state index in [1.54, 1.807) is 11.9 Å². The molecule has 1 amide bonds. The minimum Gasteiger partial charge on any atom is -0.342 e. The fraction of sp³-hybridized carbons (Fsp3) is 0.800. The number of rotatable bonds is 6. The monoisotopic (exact) mass is 197 g/mol. The Balaban J connectivity index is 3.81. The minimum absolute atomic E-state index is 0.00498. The molecule has 0 aromatic rings. The molecule has 0 aliphatic heterocycles. The van der Waals surface area contributed by atoms with Crippen molar-refractivity contribution >= 4 is 5.91 Å². The summed E-state index contributed by atoms with van der Waals surface area (Å²) in [5.74, 6) is 0.0983. The zero-order chi connectivity index (χ0) is 11.0. The van der Waals surface area contributed by atoms with Gasteiger partial charge in [0.25, 0.3) is 0 Å². The highest BCUT2D eigenvalue weighted by Gasteiger charge is 2.14. The van der Waals surface area contributed by atoms with Crippen molar-refractivity contribution in [3.05, 3.63) is 0 Å². The maximum absolute atomic E-state index is 11.5. The average Bonchev–Trinajstić information content (AvgIpc) is 2.17. The number of hydrogen-bond acceptors (Lipinski definition) is 3. The van der Waals surface area contributed by atoms with Gasteiger partial charge >= 0.3 is 0 Å². The molecule has 0 aromatic carbocycles. The third-order valence-corrected chi connectivity index (χ3v) is 2.29. The van der Waals surface area contributed by atoms with Crippen LogP contribution in [0.3, 0.4) is 0 Å². The van der Waals surface area contributed by atoms with Crippen LogP contribution in [0.1, 0.15) is 32.6 Å². The van der Waals surface area contributed by atoms with Crippen LogP contribution in [-0.4, -0.2) is 30.4 Å². The normalized spacial score (nSPS) is 11.9. The molecule has 0 saturated heterocycles. The first kappa shape index (κ1) is 12.9. The van der Waals surface area contributed by atoms with E-state index in [0.29, 0.717) is 19.4 Å². The van der Waals surface area contributed by atoms with Gasteiger partial charge in [0.2, 0.25) is 5.91 Å². The van der Waals surface area contributed by atoms with E-state index in [2.05, 4.69) is 6.07 Å². The molecule has 1 unspecified atom stereocenters. The topological polar surface area (TPSA) is 70.1 Å². The Kier molecular flexibility index (Phi) is 6.77. The maximum Gasteiger partial charge on any atom is 0.222 e. The number of amides is 1. The molecular weight excluding hydrogens is 178 g/mol. The second-order valence-electron chi connectivity index (χ2n) is 3.46. The Hall–Kier alpha value is -1.08. The molecule has 1 atom stereocenters. The van der Waals surface area contributed by atoms with Gasteiger partial charge in [-0.15, -0.1) is 0 Å². The Morgan fingerprint density at radius 2 is 2.21 bits per heavy atom. The molecule has 2 N–H and O–H groups in total.